The fourth-order valence-electron chi connectivity index (χ4n) is 2.97. The van der Waals surface area contributed by atoms with Crippen LogP contribution in [0.1, 0.15) is 50.9 Å². The summed E-state index contributed by atoms with van der Waals surface area (Å²) in [5, 5.41) is 0. The Hall–Kier alpha value is -2.09. The number of pyridine rings is 1. The highest BCUT2D eigenvalue weighted by molar-refractivity contribution is 5.68. The van der Waals surface area contributed by atoms with E-state index in [1.807, 2.05) is 0 Å². The van der Waals surface area contributed by atoms with Gasteiger partial charge in [0, 0.05) is 42.9 Å². The Labute approximate surface area is 147 Å². The monoisotopic (exact) mass is 323 g/mol. The predicted octanol–water partition coefficient (Wildman–Crippen LogP) is 4.96. The number of nitrogens with zero attached hydrogens (tertiary/aromatic N) is 2. The molecule has 0 aliphatic heterocycles. The third-order valence-corrected chi connectivity index (χ3v) is 4.46. The number of benzene rings is 1. The minimum absolute atomic E-state index is 1.05. The molecule has 0 saturated carbocycles. The molecule has 24 heavy (non-hydrogen) atoms. The molecule has 1 heterocycles. The maximum Gasteiger partial charge on any atom is 0.205 e. The van der Waals surface area contributed by atoms with Crippen LogP contribution in [0.25, 0.3) is 12.2 Å². The fourth-order valence-corrected chi connectivity index (χ4v) is 2.97. The summed E-state index contributed by atoms with van der Waals surface area (Å²) in [4.78, 5) is 2.37. The highest BCUT2D eigenvalue weighted by Crippen LogP contribution is 2.16. The fraction of sp³-hybridized carbons (Fsp3) is 0.409. The Balaban J connectivity index is 2.18. The summed E-state index contributed by atoms with van der Waals surface area (Å²) in [5.74, 6) is 0. The molecule has 0 amide bonds. The minimum Gasteiger partial charge on any atom is -0.372 e. The van der Waals surface area contributed by atoms with Crippen LogP contribution in [0, 0.1) is 0 Å². The number of hydrogen-bond acceptors (Lipinski definition) is 1. The van der Waals surface area contributed by atoms with E-state index >= 15 is 0 Å². The zero-order valence-electron chi connectivity index (χ0n) is 15.6. The topological polar surface area (TPSA) is 7.12 Å². The van der Waals surface area contributed by atoms with Gasteiger partial charge < -0.3 is 4.90 Å². The average Bonchev–Trinajstić information content (AvgIpc) is 2.63. The van der Waals surface area contributed by atoms with E-state index < -0.39 is 0 Å². The quantitative estimate of drug-likeness (QED) is 0.623. The molecule has 0 spiro atoms. The van der Waals surface area contributed by atoms with Gasteiger partial charge in [-0.3, -0.25) is 0 Å². The van der Waals surface area contributed by atoms with Crippen molar-refractivity contribution in [1.82, 2.24) is 0 Å². The van der Waals surface area contributed by atoms with E-state index in [2.05, 4.69) is 91.9 Å². The highest BCUT2D eigenvalue weighted by atomic mass is 15.1. The SMILES string of the molecule is CCC[n+]1cc(CC)ccc1/C=C/c1ccc(N(CC)CC)cc1. The van der Waals surface area contributed by atoms with Gasteiger partial charge in [0.25, 0.3) is 0 Å². The van der Waals surface area contributed by atoms with Gasteiger partial charge in [-0.15, -0.1) is 0 Å². The molecular formula is C22H31N2+. The molecule has 0 fully saturated rings. The van der Waals surface area contributed by atoms with Crippen LogP contribution < -0.4 is 9.47 Å². The molecule has 0 radical (unpaired) electrons. The van der Waals surface area contributed by atoms with E-state index in [0.29, 0.717) is 0 Å². The molecule has 1 aromatic heterocycles. The lowest BCUT2D eigenvalue weighted by Crippen LogP contribution is -2.36. The Kier molecular flexibility index (Phi) is 7.05. The largest absolute Gasteiger partial charge is 0.372 e. The van der Waals surface area contributed by atoms with Gasteiger partial charge in [0.05, 0.1) is 0 Å². The number of aromatic nitrogens is 1. The Morgan fingerprint density at radius 3 is 2.17 bits per heavy atom. The van der Waals surface area contributed by atoms with Crippen LogP contribution in [0.2, 0.25) is 0 Å². The zero-order valence-corrected chi connectivity index (χ0v) is 15.6. The summed E-state index contributed by atoms with van der Waals surface area (Å²) in [6.45, 7) is 12.0. The van der Waals surface area contributed by atoms with E-state index in [4.69, 9.17) is 0 Å². The van der Waals surface area contributed by atoms with Crippen molar-refractivity contribution in [3.8, 4) is 0 Å². The molecule has 2 rings (SSSR count). The highest BCUT2D eigenvalue weighted by Gasteiger charge is 2.08. The van der Waals surface area contributed by atoms with Crippen molar-refractivity contribution in [2.75, 3.05) is 18.0 Å². The summed E-state index contributed by atoms with van der Waals surface area (Å²) < 4.78 is 2.36. The molecular weight excluding hydrogens is 292 g/mol. The lowest BCUT2D eigenvalue weighted by atomic mass is 10.1. The zero-order chi connectivity index (χ0) is 17.4. The summed E-state index contributed by atoms with van der Waals surface area (Å²) in [6.07, 6.45) is 8.95. The van der Waals surface area contributed by atoms with Gasteiger partial charge in [0.15, 0.2) is 6.20 Å². The number of hydrogen-bond donors (Lipinski definition) is 0. The number of aryl methyl sites for hydroxylation is 2. The summed E-state index contributed by atoms with van der Waals surface area (Å²) in [7, 11) is 0. The lowest BCUT2D eigenvalue weighted by Gasteiger charge is -2.20. The second-order valence-corrected chi connectivity index (χ2v) is 6.11. The van der Waals surface area contributed by atoms with Gasteiger partial charge in [-0.1, -0.05) is 26.0 Å². The standard InChI is InChI=1S/C22H31N2/c1-5-17-24-18-19(6-2)9-13-22(24)16-12-20-10-14-21(15-11-20)23(7-3)8-4/h9-16,18H,5-8,17H2,1-4H3/q+1. The van der Waals surface area contributed by atoms with E-state index in [-0.39, 0.29) is 0 Å². The molecule has 2 aromatic rings. The maximum atomic E-state index is 2.37. The first-order valence-corrected chi connectivity index (χ1v) is 9.27. The lowest BCUT2D eigenvalue weighted by molar-refractivity contribution is -0.698. The van der Waals surface area contributed by atoms with Crippen molar-refractivity contribution in [2.24, 2.45) is 0 Å². The van der Waals surface area contributed by atoms with E-state index in [0.717, 1.165) is 32.5 Å². The van der Waals surface area contributed by atoms with Crippen molar-refractivity contribution >= 4 is 17.8 Å². The van der Waals surface area contributed by atoms with Gasteiger partial charge in [-0.05, 0) is 50.1 Å². The third-order valence-electron chi connectivity index (χ3n) is 4.46. The number of anilines is 1. The molecule has 0 saturated heterocycles. The van der Waals surface area contributed by atoms with Gasteiger partial charge in [-0.25, -0.2) is 0 Å². The molecule has 0 aliphatic carbocycles. The first-order valence-electron chi connectivity index (χ1n) is 9.27. The van der Waals surface area contributed by atoms with Gasteiger partial charge >= 0.3 is 0 Å². The third kappa shape index (κ3) is 4.70. The molecule has 0 N–H and O–H groups in total. The van der Waals surface area contributed by atoms with Crippen molar-refractivity contribution in [1.29, 1.82) is 0 Å². The molecule has 1 aromatic carbocycles. The molecule has 128 valence electrons. The van der Waals surface area contributed by atoms with Crippen molar-refractivity contribution in [3.63, 3.8) is 0 Å². The predicted molar refractivity (Wildman–Crippen MR) is 105 cm³/mol. The Morgan fingerprint density at radius 1 is 0.875 bits per heavy atom. The average molecular weight is 324 g/mol. The Bertz CT molecular complexity index is 652. The smallest absolute Gasteiger partial charge is 0.205 e. The summed E-state index contributed by atoms with van der Waals surface area (Å²) >= 11 is 0. The molecule has 2 nitrogen and oxygen atoms in total. The molecule has 2 heteroatoms. The molecule has 0 atom stereocenters. The van der Waals surface area contributed by atoms with Gasteiger partial charge in [-0.2, -0.15) is 4.57 Å². The van der Waals surface area contributed by atoms with E-state index in [1.54, 1.807) is 0 Å². The second-order valence-electron chi connectivity index (χ2n) is 6.11. The van der Waals surface area contributed by atoms with E-state index in [9.17, 15) is 0 Å². The van der Waals surface area contributed by atoms with Crippen molar-refractivity contribution in [2.45, 2.75) is 47.1 Å². The first kappa shape index (κ1) is 18.3. The molecule has 0 aliphatic rings. The summed E-state index contributed by atoms with van der Waals surface area (Å²) in [6, 6.07) is 13.3. The molecule has 0 unspecified atom stereocenters. The van der Waals surface area contributed by atoms with Crippen LogP contribution in [0.4, 0.5) is 5.69 Å². The van der Waals surface area contributed by atoms with Crippen LogP contribution in [-0.2, 0) is 13.0 Å². The molecule has 0 bridgehead atoms. The van der Waals surface area contributed by atoms with Crippen LogP contribution >= 0.6 is 0 Å². The van der Waals surface area contributed by atoms with Crippen molar-refractivity contribution < 1.29 is 4.57 Å². The first-order chi connectivity index (χ1) is 11.7. The Morgan fingerprint density at radius 2 is 1.58 bits per heavy atom. The van der Waals surface area contributed by atoms with Gasteiger partial charge in [0.1, 0.15) is 6.54 Å². The van der Waals surface area contributed by atoms with Crippen LogP contribution in [-0.4, -0.2) is 13.1 Å². The summed E-state index contributed by atoms with van der Waals surface area (Å²) in [5.41, 5.74) is 5.20. The maximum absolute atomic E-state index is 2.37. The van der Waals surface area contributed by atoms with Crippen LogP contribution in [0.15, 0.2) is 42.6 Å². The van der Waals surface area contributed by atoms with Crippen LogP contribution in [0.5, 0.6) is 0 Å². The second kappa shape index (κ2) is 9.27. The number of rotatable bonds is 8. The van der Waals surface area contributed by atoms with Gasteiger partial charge in [0.2, 0.25) is 5.69 Å². The normalized spacial score (nSPS) is 11.2. The minimum atomic E-state index is 1.05. The van der Waals surface area contributed by atoms with Crippen LogP contribution in [0.3, 0.4) is 0 Å². The van der Waals surface area contributed by atoms with Crippen molar-refractivity contribution in [3.05, 3.63) is 59.4 Å². The van der Waals surface area contributed by atoms with E-state index in [1.165, 1.54) is 22.5 Å².